The Morgan fingerprint density at radius 2 is 1.79 bits per heavy atom. The molecule has 0 unspecified atom stereocenters. The molecule has 0 aliphatic rings. The van der Waals surface area contributed by atoms with E-state index >= 15 is 0 Å². The highest BCUT2D eigenvalue weighted by Gasteiger charge is 2.24. The Bertz CT molecular complexity index is 961. The van der Waals surface area contributed by atoms with Gasteiger partial charge in [0.2, 0.25) is 21.8 Å². The van der Waals surface area contributed by atoms with Gasteiger partial charge in [-0.25, -0.2) is 8.42 Å². The average molecular weight is 424 g/mol. The number of nitrogens with zero attached hydrogens (tertiary/aromatic N) is 1. The summed E-state index contributed by atoms with van der Waals surface area (Å²) in [6, 6.07) is 11.8. The van der Waals surface area contributed by atoms with Crippen molar-refractivity contribution in [2.45, 2.75) is 31.3 Å². The van der Waals surface area contributed by atoms with Gasteiger partial charge < -0.3 is 10.2 Å². The Labute approximate surface area is 169 Å². The monoisotopic (exact) mass is 423 g/mol. The second kappa shape index (κ2) is 9.18. The predicted octanol–water partition coefficient (Wildman–Crippen LogP) is 2.62. The Kier molecular flexibility index (Phi) is 7.17. The number of hydrogen-bond donors (Lipinski definition) is 2. The van der Waals surface area contributed by atoms with Crippen LogP contribution in [0, 0.1) is 0 Å². The lowest BCUT2D eigenvalue weighted by atomic mass is 10.2. The number of carbonyl (C=O) groups is 2. The number of amides is 2. The highest BCUT2D eigenvalue weighted by Crippen LogP contribution is 2.15. The first-order valence-electron chi connectivity index (χ1n) is 8.48. The van der Waals surface area contributed by atoms with Crippen LogP contribution in [0.5, 0.6) is 0 Å². The lowest BCUT2D eigenvalue weighted by molar-refractivity contribution is -0.131. The van der Waals surface area contributed by atoms with Gasteiger partial charge in [0.15, 0.2) is 0 Å². The molecule has 0 aliphatic carbocycles. The lowest BCUT2D eigenvalue weighted by Crippen LogP contribution is -2.45. The van der Waals surface area contributed by atoms with Crippen molar-refractivity contribution < 1.29 is 18.0 Å². The Morgan fingerprint density at radius 3 is 2.36 bits per heavy atom. The van der Waals surface area contributed by atoms with Crippen molar-refractivity contribution in [3.05, 3.63) is 59.1 Å². The van der Waals surface area contributed by atoms with Gasteiger partial charge in [-0.15, -0.1) is 0 Å². The molecule has 1 atom stereocenters. The van der Waals surface area contributed by atoms with E-state index in [9.17, 15) is 18.0 Å². The lowest BCUT2D eigenvalue weighted by Gasteiger charge is -2.22. The fourth-order valence-electron chi connectivity index (χ4n) is 2.59. The van der Waals surface area contributed by atoms with Crippen molar-refractivity contribution in [3.63, 3.8) is 0 Å². The van der Waals surface area contributed by atoms with Crippen LogP contribution in [0.1, 0.15) is 19.4 Å². The zero-order chi connectivity index (χ0) is 20.9. The summed E-state index contributed by atoms with van der Waals surface area (Å²) < 4.78 is 27.4. The minimum atomic E-state index is -3.89. The largest absolute Gasteiger partial charge is 0.340 e. The molecule has 9 heteroatoms. The Balaban J connectivity index is 2.03. The molecule has 2 aromatic rings. The second-order valence-electron chi connectivity index (χ2n) is 6.37. The molecule has 0 saturated carbocycles. The summed E-state index contributed by atoms with van der Waals surface area (Å²) in [5.74, 6) is -0.630. The predicted molar refractivity (Wildman–Crippen MR) is 108 cm³/mol. The van der Waals surface area contributed by atoms with Crippen molar-refractivity contribution in [1.82, 2.24) is 9.62 Å². The van der Waals surface area contributed by atoms with Crippen LogP contribution < -0.4 is 10.0 Å². The van der Waals surface area contributed by atoms with Crippen LogP contribution in [0.3, 0.4) is 0 Å². The van der Waals surface area contributed by atoms with Crippen molar-refractivity contribution >= 4 is 39.1 Å². The van der Waals surface area contributed by atoms with Gasteiger partial charge in [-0.3, -0.25) is 9.59 Å². The molecule has 0 spiro atoms. The molecule has 0 radical (unpaired) electrons. The topological polar surface area (TPSA) is 95.6 Å². The number of rotatable bonds is 7. The number of nitrogens with one attached hydrogen (secondary N) is 2. The summed E-state index contributed by atoms with van der Waals surface area (Å²) in [5, 5.41) is 3.12. The molecule has 2 rings (SSSR count). The third-order valence-electron chi connectivity index (χ3n) is 3.87. The van der Waals surface area contributed by atoms with Crippen LogP contribution in [0.15, 0.2) is 53.4 Å². The molecule has 0 fully saturated rings. The first kappa shape index (κ1) is 21.9. The molecule has 0 saturated heterocycles. The minimum absolute atomic E-state index is 0.00116. The van der Waals surface area contributed by atoms with E-state index in [1.165, 1.54) is 43.0 Å². The number of benzene rings is 2. The van der Waals surface area contributed by atoms with E-state index in [0.717, 1.165) is 5.56 Å². The third-order valence-corrected chi connectivity index (χ3v) is 5.66. The summed E-state index contributed by atoms with van der Waals surface area (Å²) in [7, 11) is -2.30. The molecule has 2 N–H and O–H groups in total. The molecular formula is C19H22ClN3O4S. The van der Waals surface area contributed by atoms with Crippen molar-refractivity contribution in [2.75, 3.05) is 12.4 Å². The van der Waals surface area contributed by atoms with Gasteiger partial charge in [-0.1, -0.05) is 23.7 Å². The maximum absolute atomic E-state index is 12.5. The Hall–Kier alpha value is -2.42. The smallest absolute Gasteiger partial charge is 0.241 e. The average Bonchev–Trinajstić information content (AvgIpc) is 2.60. The fraction of sp³-hybridized carbons (Fsp3) is 0.263. The Morgan fingerprint density at radius 1 is 1.14 bits per heavy atom. The van der Waals surface area contributed by atoms with Gasteiger partial charge in [0.05, 0.1) is 10.9 Å². The van der Waals surface area contributed by atoms with Gasteiger partial charge in [0.25, 0.3) is 0 Å². The molecule has 0 aromatic heterocycles. The molecule has 28 heavy (non-hydrogen) atoms. The maximum atomic E-state index is 12.5. The van der Waals surface area contributed by atoms with Gasteiger partial charge >= 0.3 is 0 Å². The third kappa shape index (κ3) is 6.05. The first-order chi connectivity index (χ1) is 13.1. The molecule has 0 aliphatic heterocycles. The molecule has 7 nitrogen and oxygen atoms in total. The molecular weight excluding hydrogens is 402 g/mol. The highest BCUT2D eigenvalue weighted by atomic mass is 35.5. The number of carbonyl (C=O) groups excluding carboxylic acids is 2. The standard InChI is InChI=1S/C19H22ClN3O4S/c1-13(19(25)23(3)12-15-5-4-6-16(20)11-15)22-28(26,27)18-9-7-17(8-10-18)21-14(2)24/h4-11,13,22H,12H2,1-3H3,(H,21,24)/t13-/m0/s1. The number of sulfonamides is 1. The van der Waals surface area contributed by atoms with E-state index in [4.69, 9.17) is 11.6 Å². The number of anilines is 1. The molecule has 2 amide bonds. The summed E-state index contributed by atoms with van der Waals surface area (Å²) in [5.41, 5.74) is 1.32. The van der Waals surface area contributed by atoms with Crippen molar-refractivity contribution in [1.29, 1.82) is 0 Å². The van der Waals surface area contributed by atoms with Crippen LogP contribution in [-0.2, 0) is 26.2 Å². The van der Waals surface area contributed by atoms with Crippen LogP contribution >= 0.6 is 11.6 Å². The van der Waals surface area contributed by atoms with E-state index in [0.29, 0.717) is 17.3 Å². The fourth-order valence-corrected chi connectivity index (χ4v) is 4.00. The van der Waals surface area contributed by atoms with Crippen LogP contribution in [0.2, 0.25) is 5.02 Å². The minimum Gasteiger partial charge on any atom is -0.340 e. The second-order valence-corrected chi connectivity index (χ2v) is 8.52. The van der Waals surface area contributed by atoms with E-state index in [2.05, 4.69) is 10.0 Å². The van der Waals surface area contributed by atoms with Gasteiger partial charge in [-0.2, -0.15) is 4.72 Å². The van der Waals surface area contributed by atoms with E-state index in [1.807, 2.05) is 6.07 Å². The van der Waals surface area contributed by atoms with E-state index in [1.54, 1.807) is 25.2 Å². The van der Waals surface area contributed by atoms with Gasteiger partial charge in [-0.05, 0) is 48.9 Å². The summed E-state index contributed by atoms with van der Waals surface area (Å²) >= 11 is 5.95. The zero-order valence-corrected chi connectivity index (χ0v) is 17.3. The summed E-state index contributed by atoms with van der Waals surface area (Å²) in [4.78, 5) is 25.0. The number of hydrogen-bond acceptors (Lipinski definition) is 4. The highest BCUT2D eigenvalue weighted by molar-refractivity contribution is 7.89. The normalized spacial score (nSPS) is 12.3. The molecule has 2 aromatic carbocycles. The number of likely N-dealkylation sites (N-methyl/N-ethyl adjacent to an activating group) is 1. The zero-order valence-electron chi connectivity index (χ0n) is 15.8. The van der Waals surface area contributed by atoms with Crippen molar-refractivity contribution in [2.24, 2.45) is 0 Å². The van der Waals surface area contributed by atoms with Crippen LogP contribution in [0.25, 0.3) is 0 Å². The molecule has 150 valence electrons. The van der Waals surface area contributed by atoms with E-state index < -0.39 is 16.1 Å². The van der Waals surface area contributed by atoms with Crippen LogP contribution in [0.4, 0.5) is 5.69 Å². The first-order valence-corrected chi connectivity index (χ1v) is 10.3. The quantitative estimate of drug-likeness (QED) is 0.715. The van der Waals surface area contributed by atoms with E-state index in [-0.39, 0.29) is 16.7 Å². The van der Waals surface area contributed by atoms with Crippen LogP contribution in [-0.4, -0.2) is 38.2 Å². The molecule has 0 heterocycles. The maximum Gasteiger partial charge on any atom is 0.241 e. The molecule has 0 bridgehead atoms. The summed E-state index contributed by atoms with van der Waals surface area (Å²) in [6.45, 7) is 3.15. The number of halogens is 1. The SMILES string of the molecule is CC(=O)Nc1ccc(S(=O)(=O)N[C@@H](C)C(=O)N(C)Cc2cccc(Cl)c2)cc1. The van der Waals surface area contributed by atoms with Crippen molar-refractivity contribution in [3.8, 4) is 0 Å². The van der Waals surface area contributed by atoms with Gasteiger partial charge in [0, 0.05) is 31.2 Å². The summed E-state index contributed by atoms with van der Waals surface area (Å²) in [6.07, 6.45) is 0. The van der Waals surface area contributed by atoms with Gasteiger partial charge in [0.1, 0.15) is 0 Å².